The fraction of sp³-hybridized carbons (Fsp3) is 0.333. The molecule has 2 N–H and O–H groups in total. The topological polar surface area (TPSA) is 35.2 Å². The SMILES string of the molecule is CCC(N)Cc1c(Cl)cccc1OCc1ccc(C)cc1. The lowest BCUT2D eigenvalue weighted by atomic mass is 10.0. The molecule has 2 rings (SSSR count). The molecule has 0 aliphatic carbocycles. The summed E-state index contributed by atoms with van der Waals surface area (Å²) in [4.78, 5) is 0. The van der Waals surface area contributed by atoms with Crippen molar-refractivity contribution in [3.05, 3.63) is 64.2 Å². The average Bonchev–Trinajstić information content (AvgIpc) is 2.49. The van der Waals surface area contributed by atoms with Crippen molar-refractivity contribution in [2.45, 2.75) is 39.3 Å². The van der Waals surface area contributed by atoms with Crippen LogP contribution in [0.25, 0.3) is 0 Å². The van der Waals surface area contributed by atoms with Gasteiger partial charge in [-0.2, -0.15) is 0 Å². The van der Waals surface area contributed by atoms with Crippen molar-refractivity contribution < 1.29 is 4.74 Å². The van der Waals surface area contributed by atoms with Crippen molar-refractivity contribution >= 4 is 11.6 Å². The highest BCUT2D eigenvalue weighted by Gasteiger charge is 2.12. The summed E-state index contributed by atoms with van der Waals surface area (Å²) in [7, 11) is 0. The second kappa shape index (κ2) is 7.48. The van der Waals surface area contributed by atoms with Crippen LogP contribution in [0.15, 0.2) is 42.5 Å². The Balaban J connectivity index is 2.12. The number of rotatable bonds is 6. The van der Waals surface area contributed by atoms with Gasteiger partial charge in [0.05, 0.1) is 0 Å². The molecule has 3 heteroatoms. The highest BCUT2D eigenvalue weighted by molar-refractivity contribution is 6.31. The molecule has 112 valence electrons. The predicted octanol–water partition coefficient (Wildman–Crippen LogP) is 4.51. The highest BCUT2D eigenvalue weighted by atomic mass is 35.5. The van der Waals surface area contributed by atoms with Crippen LogP contribution in [-0.2, 0) is 13.0 Å². The zero-order chi connectivity index (χ0) is 15.2. The van der Waals surface area contributed by atoms with Gasteiger partial charge < -0.3 is 10.5 Å². The summed E-state index contributed by atoms with van der Waals surface area (Å²) in [5, 5.41) is 0.723. The Kier molecular flexibility index (Phi) is 5.66. The number of aryl methyl sites for hydroxylation is 1. The van der Waals surface area contributed by atoms with Crippen LogP contribution in [0.1, 0.15) is 30.0 Å². The van der Waals surface area contributed by atoms with Crippen LogP contribution >= 0.6 is 11.6 Å². The molecule has 1 unspecified atom stereocenters. The summed E-state index contributed by atoms with van der Waals surface area (Å²) in [5.74, 6) is 0.826. The summed E-state index contributed by atoms with van der Waals surface area (Å²) in [6.45, 7) is 4.69. The number of hydrogen-bond donors (Lipinski definition) is 1. The van der Waals surface area contributed by atoms with Crippen molar-refractivity contribution in [2.24, 2.45) is 5.73 Å². The Morgan fingerprint density at radius 1 is 1.14 bits per heavy atom. The Bertz CT molecular complexity index is 580. The smallest absolute Gasteiger partial charge is 0.124 e. The van der Waals surface area contributed by atoms with Gasteiger partial charge in [-0.15, -0.1) is 0 Å². The van der Waals surface area contributed by atoms with Crippen LogP contribution in [0, 0.1) is 6.92 Å². The molecule has 0 amide bonds. The van der Waals surface area contributed by atoms with Gasteiger partial charge in [-0.25, -0.2) is 0 Å². The molecule has 0 heterocycles. The van der Waals surface area contributed by atoms with Crippen LogP contribution in [0.4, 0.5) is 0 Å². The average molecular weight is 304 g/mol. The minimum atomic E-state index is 0.103. The third-order valence-corrected chi connectivity index (χ3v) is 3.94. The van der Waals surface area contributed by atoms with Crippen LogP contribution < -0.4 is 10.5 Å². The van der Waals surface area contributed by atoms with Crippen LogP contribution in [-0.4, -0.2) is 6.04 Å². The Morgan fingerprint density at radius 2 is 1.86 bits per heavy atom. The zero-order valence-electron chi connectivity index (χ0n) is 12.6. The van der Waals surface area contributed by atoms with E-state index in [1.807, 2.05) is 18.2 Å². The first-order valence-electron chi connectivity index (χ1n) is 7.31. The molecule has 1 atom stereocenters. The molecular formula is C18H22ClNO. The van der Waals surface area contributed by atoms with Gasteiger partial charge in [0.2, 0.25) is 0 Å². The molecule has 0 radical (unpaired) electrons. The summed E-state index contributed by atoms with van der Waals surface area (Å²) < 4.78 is 5.95. The first-order valence-corrected chi connectivity index (χ1v) is 7.69. The summed E-state index contributed by atoms with van der Waals surface area (Å²) >= 11 is 6.30. The maximum absolute atomic E-state index is 6.30. The van der Waals surface area contributed by atoms with Gasteiger partial charge in [0.25, 0.3) is 0 Å². The van der Waals surface area contributed by atoms with E-state index in [4.69, 9.17) is 22.1 Å². The van der Waals surface area contributed by atoms with E-state index >= 15 is 0 Å². The van der Waals surface area contributed by atoms with Crippen molar-refractivity contribution in [3.8, 4) is 5.75 Å². The first kappa shape index (κ1) is 15.9. The standard InChI is InChI=1S/C18H22ClNO/c1-3-15(20)11-16-17(19)5-4-6-18(16)21-12-14-9-7-13(2)8-10-14/h4-10,15H,3,11-12,20H2,1-2H3. The minimum absolute atomic E-state index is 0.103. The van der Waals surface area contributed by atoms with Gasteiger partial charge in [0, 0.05) is 16.6 Å². The van der Waals surface area contributed by atoms with E-state index in [1.165, 1.54) is 5.56 Å². The molecule has 21 heavy (non-hydrogen) atoms. The molecule has 0 saturated heterocycles. The normalized spacial score (nSPS) is 12.2. The van der Waals surface area contributed by atoms with Gasteiger partial charge in [-0.05, 0) is 37.5 Å². The maximum Gasteiger partial charge on any atom is 0.124 e. The molecule has 0 bridgehead atoms. The molecule has 2 aromatic carbocycles. The molecule has 2 nitrogen and oxygen atoms in total. The molecule has 0 aliphatic heterocycles. The van der Waals surface area contributed by atoms with Crippen molar-refractivity contribution in [2.75, 3.05) is 0 Å². The largest absolute Gasteiger partial charge is 0.489 e. The van der Waals surface area contributed by atoms with Crippen LogP contribution in [0.2, 0.25) is 5.02 Å². The zero-order valence-corrected chi connectivity index (χ0v) is 13.4. The molecule has 0 fully saturated rings. The van der Waals surface area contributed by atoms with Gasteiger partial charge in [0.1, 0.15) is 12.4 Å². The predicted molar refractivity (Wildman–Crippen MR) is 88.9 cm³/mol. The number of ether oxygens (including phenoxy) is 1. The van der Waals surface area contributed by atoms with Crippen molar-refractivity contribution in [3.63, 3.8) is 0 Å². The second-order valence-electron chi connectivity index (χ2n) is 5.36. The Hall–Kier alpha value is -1.51. The van der Waals surface area contributed by atoms with Crippen LogP contribution in [0.5, 0.6) is 5.75 Å². The molecule has 0 saturated carbocycles. The second-order valence-corrected chi connectivity index (χ2v) is 5.77. The Labute approximate surface area is 131 Å². The minimum Gasteiger partial charge on any atom is -0.489 e. The molecular weight excluding hydrogens is 282 g/mol. The lowest BCUT2D eigenvalue weighted by molar-refractivity contribution is 0.302. The van der Waals surface area contributed by atoms with E-state index in [1.54, 1.807) is 0 Å². The van der Waals surface area contributed by atoms with Crippen LogP contribution in [0.3, 0.4) is 0 Å². The van der Waals surface area contributed by atoms with E-state index in [9.17, 15) is 0 Å². The first-order chi connectivity index (χ1) is 10.1. The third-order valence-electron chi connectivity index (χ3n) is 3.58. The van der Waals surface area contributed by atoms with Gasteiger partial charge in [-0.1, -0.05) is 54.4 Å². The lowest BCUT2D eigenvalue weighted by Gasteiger charge is -2.16. The van der Waals surface area contributed by atoms with Gasteiger partial charge in [-0.3, -0.25) is 0 Å². The summed E-state index contributed by atoms with van der Waals surface area (Å²) in [6, 6.07) is 14.2. The third kappa shape index (κ3) is 4.48. The Morgan fingerprint density at radius 3 is 2.52 bits per heavy atom. The van der Waals surface area contributed by atoms with Gasteiger partial charge >= 0.3 is 0 Å². The number of hydrogen-bond acceptors (Lipinski definition) is 2. The number of benzene rings is 2. The van der Waals surface area contributed by atoms with E-state index in [-0.39, 0.29) is 6.04 Å². The molecule has 0 spiro atoms. The maximum atomic E-state index is 6.30. The van der Waals surface area contributed by atoms with E-state index in [0.29, 0.717) is 6.61 Å². The highest BCUT2D eigenvalue weighted by Crippen LogP contribution is 2.28. The lowest BCUT2D eigenvalue weighted by Crippen LogP contribution is -2.22. The van der Waals surface area contributed by atoms with E-state index < -0.39 is 0 Å². The summed E-state index contributed by atoms with van der Waals surface area (Å²) in [6.07, 6.45) is 1.65. The number of nitrogens with two attached hydrogens (primary N) is 1. The fourth-order valence-electron chi connectivity index (χ4n) is 2.12. The fourth-order valence-corrected chi connectivity index (χ4v) is 2.37. The number of halogens is 1. The summed E-state index contributed by atoms with van der Waals surface area (Å²) in [5.41, 5.74) is 9.44. The molecule has 0 aliphatic rings. The van der Waals surface area contributed by atoms with E-state index in [2.05, 4.69) is 38.1 Å². The van der Waals surface area contributed by atoms with Gasteiger partial charge in [0.15, 0.2) is 0 Å². The molecule has 2 aromatic rings. The monoisotopic (exact) mass is 303 g/mol. The van der Waals surface area contributed by atoms with E-state index in [0.717, 1.165) is 34.7 Å². The van der Waals surface area contributed by atoms with Crippen molar-refractivity contribution in [1.82, 2.24) is 0 Å². The van der Waals surface area contributed by atoms with Crippen molar-refractivity contribution in [1.29, 1.82) is 0 Å². The molecule has 0 aromatic heterocycles. The quantitative estimate of drug-likeness (QED) is 0.852.